The summed E-state index contributed by atoms with van der Waals surface area (Å²) in [7, 11) is 1.66. The fraction of sp³-hybridized carbons (Fsp3) is 0.471. The molecular weight excluding hydrogens is 279 g/mol. The molecular formula is C17H25FN4. The molecule has 1 N–H and O–H groups in total. The lowest BCUT2D eigenvalue weighted by atomic mass is 10.1. The summed E-state index contributed by atoms with van der Waals surface area (Å²) in [6.07, 6.45) is 3.94. The number of hydrogen-bond acceptors (Lipinski definition) is 3. The average Bonchev–Trinajstić information content (AvgIpc) is 2.50. The summed E-state index contributed by atoms with van der Waals surface area (Å²) in [6.45, 7) is 12.0. The Labute approximate surface area is 132 Å². The van der Waals surface area contributed by atoms with Crippen LogP contribution in [0.15, 0.2) is 29.8 Å². The lowest BCUT2D eigenvalue weighted by Crippen LogP contribution is -2.18. The molecule has 0 atom stereocenters. The van der Waals surface area contributed by atoms with Gasteiger partial charge in [-0.25, -0.2) is 14.4 Å². The molecule has 0 saturated heterocycles. The highest BCUT2D eigenvalue weighted by molar-refractivity contribution is 5.91. The molecule has 1 aromatic heterocycles. The number of aliphatic imine (C=N–C) groups is 1. The van der Waals surface area contributed by atoms with Gasteiger partial charge in [0.2, 0.25) is 0 Å². The van der Waals surface area contributed by atoms with Gasteiger partial charge in [-0.3, -0.25) is 4.99 Å². The summed E-state index contributed by atoms with van der Waals surface area (Å²) in [5, 5.41) is 2.87. The first-order chi connectivity index (χ1) is 10.4. The second kappa shape index (κ2) is 8.41. The Bertz CT molecular complexity index is 588. The van der Waals surface area contributed by atoms with Crippen LogP contribution in [0.25, 0.3) is 5.57 Å². The Morgan fingerprint density at radius 2 is 2.18 bits per heavy atom. The number of aromatic nitrogens is 2. The van der Waals surface area contributed by atoms with Crippen molar-refractivity contribution in [2.75, 3.05) is 7.05 Å². The molecule has 0 bridgehead atoms. The Kier molecular flexibility index (Phi) is 6.89. The third-order valence-corrected chi connectivity index (χ3v) is 3.26. The van der Waals surface area contributed by atoms with Crippen LogP contribution in [0.5, 0.6) is 0 Å². The van der Waals surface area contributed by atoms with E-state index in [0.717, 1.165) is 16.8 Å². The van der Waals surface area contributed by atoms with Crippen molar-refractivity contribution in [2.45, 2.75) is 46.5 Å². The molecule has 22 heavy (non-hydrogen) atoms. The first-order valence-corrected chi connectivity index (χ1v) is 7.47. The fourth-order valence-electron chi connectivity index (χ4n) is 1.95. The smallest absolute Gasteiger partial charge is 0.155 e. The number of rotatable bonds is 6. The van der Waals surface area contributed by atoms with E-state index in [-0.39, 0.29) is 5.83 Å². The van der Waals surface area contributed by atoms with Gasteiger partial charge in [-0.1, -0.05) is 27.4 Å². The highest BCUT2D eigenvalue weighted by Gasteiger charge is 2.11. The van der Waals surface area contributed by atoms with Gasteiger partial charge >= 0.3 is 0 Å². The monoisotopic (exact) mass is 304 g/mol. The minimum Gasteiger partial charge on any atom is -0.348 e. The second-order valence-electron chi connectivity index (χ2n) is 5.46. The van der Waals surface area contributed by atoms with E-state index < -0.39 is 0 Å². The Morgan fingerprint density at radius 3 is 2.73 bits per heavy atom. The van der Waals surface area contributed by atoms with E-state index in [1.54, 1.807) is 14.0 Å². The number of allylic oxidation sites excluding steroid dienone is 1. The predicted octanol–water partition coefficient (Wildman–Crippen LogP) is 4.15. The molecule has 0 saturated carbocycles. The third-order valence-electron chi connectivity index (χ3n) is 3.26. The van der Waals surface area contributed by atoms with Crippen molar-refractivity contribution in [2.24, 2.45) is 4.99 Å². The minimum absolute atomic E-state index is 0.222. The largest absolute Gasteiger partial charge is 0.348 e. The summed E-state index contributed by atoms with van der Waals surface area (Å²) in [5.74, 6) is 1.34. The van der Waals surface area contributed by atoms with Gasteiger partial charge in [0.25, 0.3) is 0 Å². The molecule has 0 fully saturated rings. The van der Waals surface area contributed by atoms with Crippen molar-refractivity contribution in [1.29, 1.82) is 0 Å². The Hall–Kier alpha value is -2.04. The summed E-state index contributed by atoms with van der Waals surface area (Å²) >= 11 is 0. The van der Waals surface area contributed by atoms with Crippen LogP contribution in [0.4, 0.5) is 4.39 Å². The van der Waals surface area contributed by atoms with Crippen LogP contribution in [0.3, 0.4) is 0 Å². The van der Waals surface area contributed by atoms with E-state index in [1.807, 2.05) is 13.1 Å². The van der Waals surface area contributed by atoms with E-state index in [0.29, 0.717) is 30.4 Å². The average molecular weight is 304 g/mol. The summed E-state index contributed by atoms with van der Waals surface area (Å²) in [4.78, 5) is 13.0. The maximum atomic E-state index is 13.2. The number of nitrogens with zero attached hydrogens (tertiary/aromatic N) is 3. The van der Waals surface area contributed by atoms with Gasteiger partial charge in [0.1, 0.15) is 11.7 Å². The molecule has 1 rings (SSSR count). The lowest BCUT2D eigenvalue weighted by molar-refractivity contribution is 0.598. The summed E-state index contributed by atoms with van der Waals surface area (Å²) < 4.78 is 13.2. The van der Waals surface area contributed by atoms with Crippen molar-refractivity contribution in [3.05, 3.63) is 41.9 Å². The molecule has 0 spiro atoms. The molecule has 5 heteroatoms. The van der Waals surface area contributed by atoms with E-state index >= 15 is 0 Å². The standard InChI is InChI=1S/C17H25FN4/c1-7-14(18)10-20-15(19-6)8-12(4)17-21-9-13(5)16(22-17)11(2)3/h9-11H,4,7-8H2,1-3,5-6H3,(H,19,20)/b14-10+. The Balaban J connectivity index is 2.86. The minimum atomic E-state index is -0.222. The van der Waals surface area contributed by atoms with Gasteiger partial charge < -0.3 is 5.32 Å². The first-order valence-electron chi connectivity index (χ1n) is 7.47. The van der Waals surface area contributed by atoms with Crippen LogP contribution in [0.1, 0.15) is 56.6 Å². The van der Waals surface area contributed by atoms with Gasteiger partial charge in [0.15, 0.2) is 5.82 Å². The number of halogens is 1. The Morgan fingerprint density at radius 1 is 1.50 bits per heavy atom. The molecule has 1 heterocycles. The lowest BCUT2D eigenvalue weighted by Gasteiger charge is -2.12. The molecule has 120 valence electrons. The number of hydrogen-bond donors (Lipinski definition) is 1. The van der Waals surface area contributed by atoms with Gasteiger partial charge in [-0.15, -0.1) is 0 Å². The normalized spacial score (nSPS) is 12.7. The topological polar surface area (TPSA) is 50.2 Å². The fourth-order valence-corrected chi connectivity index (χ4v) is 1.95. The molecule has 0 unspecified atom stereocenters. The van der Waals surface area contributed by atoms with Crippen molar-refractivity contribution < 1.29 is 4.39 Å². The van der Waals surface area contributed by atoms with E-state index in [2.05, 4.69) is 40.7 Å². The van der Waals surface area contributed by atoms with Crippen LogP contribution < -0.4 is 5.32 Å². The molecule has 0 aliphatic carbocycles. The van der Waals surface area contributed by atoms with Crippen molar-refractivity contribution >= 4 is 11.4 Å². The summed E-state index contributed by atoms with van der Waals surface area (Å²) in [6, 6.07) is 0. The molecule has 4 nitrogen and oxygen atoms in total. The van der Waals surface area contributed by atoms with Crippen LogP contribution in [-0.2, 0) is 0 Å². The van der Waals surface area contributed by atoms with Crippen molar-refractivity contribution in [3.63, 3.8) is 0 Å². The van der Waals surface area contributed by atoms with Gasteiger partial charge in [0.05, 0.1) is 0 Å². The maximum Gasteiger partial charge on any atom is 0.155 e. The van der Waals surface area contributed by atoms with Crippen LogP contribution in [0.2, 0.25) is 0 Å². The predicted molar refractivity (Wildman–Crippen MR) is 90.5 cm³/mol. The van der Waals surface area contributed by atoms with Crippen LogP contribution >= 0.6 is 0 Å². The number of aryl methyl sites for hydroxylation is 1. The number of nitrogens with one attached hydrogen (secondary N) is 1. The van der Waals surface area contributed by atoms with Gasteiger partial charge in [-0.2, -0.15) is 0 Å². The molecule has 0 aromatic carbocycles. The molecule has 1 aromatic rings. The quantitative estimate of drug-likeness (QED) is 0.634. The van der Waals surface area contributed by atoms with Gasteiger partial charge in [0, 0.05) is 31.6 Å². The molecule has 0 aliphatic rings. The van der Waals surface area contributed by atoms with E-state index in [1.165, 1.54) is 6.20 Å². The SMILES string of the molecule is C=C(CC(=NC)N/C=C(/F)CC)c1ncc(C)c(C(C)C)n1. The van der Waals surface area contributed by atoms with Gasteiger partial charge in [-0.05, 0) is 30.4 Å². The molecule has 0 amide bonds. The zero-order chi connectivity index (χ0) is 16.7. The van der Waals surface area contributed by atoms with Crippen molar-refractivity contribution in [1.82, 2.24) is 15.3 Å². The first kappa shape index (κ1) is 18.0. The zero-order valence-corrected chi connectivity index (χ0v) is 14.1. The van der Waals surface area contributed by atoms with Crippen LogP contribution in [0, 0.1) is 6.92 Å². The van der Waals surface area contributed by atoms with Crippen molar-refractivity contribution in [3.8, 4) is 0 Å². The van der Waals surface area contributed by atoms with E-state index in [9.17, 15) is 4.39 Å². The zero-order valence-electron chi connectivity index (χ0n) is 14.1. The highest BCUT2D eigenvalue weighted by Crippen LogP contribution is 2.19. The van der Waals surface area contributed by atoms with E-state index in [4.69, 9.17) is 0 Å². The maximum absolute atomic E-state index is 13.2. The second-order valence-corrected chi connectivity index (χ2v) is 5.46. The number of amidine groups is 1. The highest BCUT2D eigenvalue weighted by atomic mass is 19.1. The van der Waals surface area contributed by atoms with Crippen LogP contribution in [-0.4, -0.2) is 22.9 Å². The third kappa shape index (κ3) is 5.06. The molecule has 0 radical (unpaired) electrons. The molecule has 0 aliphatic heterocycles. The summed E-state index contributed by atoms with van der Waals surface area (Å²) in [5.41, 5.74) is 2.84.